The van der Waals surface area contributed by atoms with Crippen molar-refractivity contribution in [2.24, 2.45) is 25.1 Å². The number of hydrogen-bond donors (Lipinski definition) is 2. The summed E-state index contributed by atoms with van der Waals surface area (Å²) in [4.78, 5) is 12.1. The maximum atomic E-state index is 12.1. The number of allylic oxidation sites excluding steroid dienone is 1. The lowest BCUT2D eigenvalue weighted by atomic mass is 10.1. The highest BCUT2D eigenvalue weighted by Crippen LogP contribution is 2.40. The molecule has 28 heavy (non-hydrogen) atoms. The van der Waals surface area contributed by atoms with E-state index < -0.39 is 0 Å². The fraction of sp³-hybridized carbons (Fsp3) is 0.286. The highest BCUT2D eigenvalue weighted by atomic mass is 35.5. The number of fused-ring (bicyclic) bond motifs is 1. The zero-order valence-corrected chi connectivity index (χ0v) is 16.6. The topological polar surface area (TPSA) is 75.2 Å². The number of nitrogens with one attached hydrogen (secondary N) is 2. The summed E-state index contributed by atoms with van der Waals surface area (Å²) in [6.07, 6.45) is 2.16. The van der Waals surface area contributed by atoms with Gasteiger partial charge in [-0.1, -0.05) is 35.9 Å². The minimum Gasteiger partial charge on any atom is -0.382 e. The molecule has 2 aromatic carbocycles. The molecular weight excluding hydrogens is 374 g/mol. The Morgan fingerprint density at radius 1 is 1.18 bits per heavy atom. The van der Waals surface area contributed by atoms with Crippen LogP contribution in [0, 0.1) is 11.4 Å². The van der Waals surface area contributed by atoms with Gasteiger partial charge in [0, 0.05) is 37.8 Å². The molecule has 144 valence electrons. The van der Waals surface area contributed by atoms with Gasteiger partial charge in [-0.15, -0.1) is 0 Å². The van der Waals surface area contributed by atoms with Crippen molar-refractivity contribution < 1.29 is 0 Å². The van der Waals surface area contributed by atoms with Gasteiger partial charge in [0.05, 0.1) is 16.1 Å². The Labute approximate surface area is 167 Å². The molecule has 0 radical (unpaired) electrons. The molecule has 0 saturated heterocycles. The van der Waals surface area contributed by atoms with Crippen molar-refractivity contribution in [3.8, 4) is 0 Å². The lowest BCUT2D eigenvalue weighted by molar-refractivity contribution is 0.741. The number of rotatable bonds is 6. The molecule has 1 aliphatic rings. The van der Waals surface area contributed by atoms with E-state index in [1.54, 1.807) is 23.2 Å². The molecule has 0 spiro atoms. The molecule has 0 unspecified atom stereocenters. The molecule has 6 nitrogen and oxygen atoms in total. The van der Waals surface area contributed by atoms with Gasteiger partial charge in [0.15, 0.2) is 0 Å². The summed E-state index contributed by atoms with van der Waals surface area (Å²) in [5, 5.41) is 7.89. The predicted molar refractivity (Wildman–Crippen MR) is 111 cm³/mol. The maximum absolute atomic E-state index is 12.1. The van der Waals surface area contributed by atoms with E-state index in [-0.39, 0.29) is 5.69 Å². The normalized spacial score (nSPS) is 14.8. The Morgan fingerprint density at radius 3 is 2.57 bits per heavy atom. The second kappa shape index (κ2) is 7.28. The minimum absolute atomic E-state index is 0.0345. The standard InChI is InChI=1S/C21H22ClN5O/c1-26-17-10-7-13(11-18(17)27(2)21(26)28)12-24-19(14-8-9-14)20(25-23)15-5-3-4-6-16(15)22/h3-7,10-11,14,23-24H,8-9,12H2,1-2H3/b20-19-,25-23?. The van der Waals surface area contributed by atoms with E-state index in [1.807, 2.05) is 42.5 Å². The molecule has 1 heterocycles. The fourth-order valence-corrected chi connectivity index (χ4v) is 3.80. The Kier molecular flexibility index (Phi) is 4.81. The first kappa shape index (κ1) is 18.5. The minimum atomic E-state index is -0.0345. The van der Waals surface area contributed by atoms with Crippen LogP contribution in [0.3, 0.4) is 0 Å². The van der Waals surface area contributed by atoms with Gasteiger partial charge in [0.25, 0.3) is 0 Å². The van der Waals surface area contributed by atoms with Crippen LogP contribution in [0.4, 0.5) is 0 Å². The van der Waals surface area contributed by atoms with Crippen molar-refractivity contribution in [1.29, 1.82) is 5.53 Å². The predicted octanol–water partition coefficient (Wildman–Crippen LogP) is 4.43. The number of aromatic nitrogens is 2. The van der Waals surface area contributed by atoms with Crippen molar-refractivity contribution in [2.75, 3.05) is 0 Å². The summed E-state index contributed by atoms with van der Waals surface area (Å²) in [7, 11) is 3.56. The van der Waals surface area contributed by atoms with E-state index in [0.717, 1.165) is 40.7 Å². The van der Waals surface area contributed by atoms with Crippen LogP contribution in [0.25, 0.3) is 16.7 Å². The van der Waals surface area contributed by atoms with Gasteiger partial charge in [-0.25, -0.2) is 10.3 Å². The molecule has 1 fully saturated rings. The van der Waals surface area contributed by atoms with Crippen molar-refractivity contribution in [2.45, 2.75) is 19.4 Å². The zero-order chi connectivity index (χ0) is 19.8. The van der Waals surface area contributed by atoms with E-state index >= 15 is 0 Å². The first-order valence-electron chi connectivity index (χ1n) is 9.26. The average molecular weight is 396 g/mol. The summed E-state index contributed by atoms with van der Waals surface area (Å²) < 4.78 is 3.31. The molecule has 0 bridgehead atoms. The second-order valence-electron chi connectivity index (χ2n) is 7.21. The third-order valence-corrected chi connectivity index (χ3v) is 5.63. The maximum Gasteiger partial charge on any atom is 0.328 e. The van der Waals surface area contributed by atoms with E-state index in [9.17, 15) is 4.79 Å². The van der Waals surface area contributed by atoms with Crippen LogP contribution in [0.5, 0.6) is 0 Å². The molecule has 2 N–H and O–H groups in total. The second-order valence-corrected chi connectivity index (χ2v) is 7.61. The number of nitrogens with zero attached hydrogens (tertiary/aromatic N) is 3. The molecule has 3 aromatic rings. The summed E-state index contributed by atoms with van der Waals surface area (Å²) in [6, 6.07) is 13.5. The van der Waals surface area contributed by atoms with E-state index in [2.05, 4.69) is 10.4 Å². The monoisotopic (exact) mass is 395 g/mol. The average Bonchev–Trinajstić information content (AvgIpc) is 3.52. The first-order chi connectivity index (χ1) is 13.5. The van der Waals surface area contributed by atoms with Crippen LogP contribution in [0.2, 0.25) is 5.02 Å². The lowest BCUT2D eigenvalue weighted by Gasteiger charge is -2.15. The van der Waals surface area contributed by atoms with Crippen LogP contribution in [0.15, 0.2) is 58.1 Å². The summed E-state index contributed by atoms with van der Waals surface area (Å²) in [5.74, 6) is 0.380. The lowest BCUT2D eigenvalue weighted by Crippen LogP contribution is -2.19. The largest absolute Gasteiger partial charge is 0.382 e. The summed E-state index contributed by atoms with van der Waals surface area (Å²) in [5.41, 5.74) is 12.9. The molecule has 7 heteroatoms. The smallest absolute Gasteiger partial charge is 0.328 e. The van der Waals surface area contributed by atoms with Crippen molar-refractivity contribution in [3.63, 3.8) is 0 Å². The van der Waals surface area contributed by atoms with Crippen LogP contribution < -0.4 is 11.0 Å². The third kappa shape index (κ3) is 3.24. The Morgan fingerprint density at radius 2 is 1.89 bits per heavy atom. The van der Waals surface area contributed by atoms with Gasteiger partial charge in [-0.3, -0.25) is 9.13 Å². The van der Waals surface area contributed by atoms with Crippen LogP contribution in [-0.2, 0) is 20.6 Å². The van der Waals surface area contributed by atoms with Gasteiger partial charge < -0.3 is 5.32 Å². The third-order valence-electron chi connectivity index (χ3n) is 5.30. The highest BCUT2D eigenvalue weighted by molar-refractivity contribution is 6.32. The number of aryl methyl sites for hydroxylation is 2. The molecule has 0 atom stereocenters. The number of halogens is 1. The molecular formula is C21H22ClN5O. The van der Waals surface area contributed by atoms with Crippen molar-refractivity contribution in [1.82, 2.24) is 14.5 Å². The van der Waals surface area contributed by atoms with Gasteiger partial charge in [0.1, 0.15) is 5.70 Å². The van der Waals surface area contributed by atoms with E-state index in [4.69, 9.17) is 17.1 Å². The Hall–Kier alpha value is -2.86. The van der Waals surface area contributed by atoms with Gasteiger partial charge >= 0.3 is 5.69 Å². The highest BCUT2D eigenvalue weighted by Gasteiger charge is 2.30. The first-order valence-corrected chi connectivity index (χ1v) is 9.63. The summed E-state index contributed by atoms with van der Waals surface area (Å²) >= 11 is 6.34. The molecule has 0 amide bonds. The summed E-state index contributed by atoms with van der Waals surface area (Å²) in [6.45, 7) is 0.592. The van der Waals surface area contributed by atoms with Gasteiger partial charge in [-0.2, -0.15) is 5.11 Å². The van der Waals surface area contributed by atoms with Gasteiger partial charge in [0.2, 0.25) is 0 Å². The molecule has 1 aromatic heterocycles. The van der Waals surface area contributed by atoms with E-state index in [0.29, 0.717) is 23.2 Å². The van der Waals surface area contributed by atoms with Crippen molar-refractivity contribution in [3.05, 3.63) is 74.8 Å². The zero-order valence-electron chi connectivity index (χ0n) is 15.9. The molecule has 1 saturated carbocycles. The number of benzene rings is 2. The van der Waals surface area contributed by atoms with E-state index in [1.165, 1.54) is 0 Å². The number of hydrogen-bond acceptors (Lipinski definition) is 4. The van der Waals surface area contributed by atoms with Crippen LogP contribution >= 0.6 is 11.6 Å². The SMILES string of the molecule is Cn1c(=O)n(C)c2cc(CN/C(=C(\N=N)c3ccccc3Cl)C3CC3)ccc21. The molecule has 4 rings (SSSR count). The van der Waals surface area contributed by atoms with Crippen molar-refractivity contribution >= 4 is 28.3 Å². The van der Waals surface area contributed by atoms with Gasteiger partial charge in [-0.05, 0) is 36.6 Å². The van der Waals surface area contributed by atoms with Crippen LogP contribution in [0.1, 0.15) is 24.0 Å². The van der Waals surface area contributed by atoms with Crippen LogP contribution in [-0.4, -0.2) is 9.13 Å². The molecule has 0 aliphatic heterocycles. The quantitative estimate of drug-likeness (QED) is 0.606. The fourth-order valence-electron chi connectivity index (χ4n) is 3.57. The number of imidazole rings is 1. The Balaban J connectivity index is 1.67. The Bertz CT molecular complexity index is 1150. The molecule has 1 aliphatic carbocycles.